The van der Waals surface area contributed by atoms with Crippen LogP contribution in [0.5, 0.6) is 5.75 Å². The minimum atomic E-state index is -0.660. The monoisotopic (exact) mass is 276 g/mol. The summed E-state index contributed by atoms with van der Waals surface area (Å²) >= 11 is 0. The fourth-order valence-corrected chi connectivity index (χ4v) is 2.30. The summed E-state index contributed by atoms with van der Waals surface area (Å²) in [4.78, 5) is 23.4. The minimum absolute atomic E-state index is 0.144. The van der Waals surface area contributed by atoms with Gasteiger partial charge < -0.3 is 15.8 Å². The van der Waals surface area contributed by atoms with Crippen molar-refractivity contribution in [3.05, 3.63) is 29.3 Å². The highest BCUT2D eigenvalue weighted by atomic mass is 16.5. The molecule has 0 spiro atoms. The Morgan fingerprint density at radius 1 is 1.40 bits per heavy atom. The van der Waals surface area contributed by atoms with E-state index >= 15 is 0 Å². The number of primary amides is 1. The van der Waals surface area contributed by atoms with Gasteiger partial charge in [-0.1, -0.05) is 12.1 Å². The molecule has 5 heteroatoms. The Hall–Kier alpha value is -2.04. The van der Waals surface area contributed by atoms with Gasteiger partial charge in [-0.3, -0.25) is 9.59 Å². The summed E-state index contributed by atoms with van der Waals surface area (Å²) in [6.45, 7) is 3.55. The molecule has 1 unspecified atom stereocenters. The number of benzene rings is 1. The Morgan fingerprint density at radius 2 is 2.05 bits per heavy atom. The molecular formula is C15H20N2O3. The number of carbonyl (C=O) groups is 2. The Labute approximate surface area is 118 Å². The van der Waals surface area contributed by atoms with Crippen LogP contribution in [0.2, 0.25) is 0 Å². The lowest BCUT2D eigenvalue weighted by molar-refractivity contribution is -0.128. The largest absolute Gasteiger partial charge is 0.496 e. The highest BCUT2D eigenvalue weighted by Gasteiger charge is 2.51. The second kappa shape index (κ2) is 5.15. The van der Waals surface area contributed by atoms with E-state index < -0.39 is 17.4 Å². The topological polar surface area (TPSA) is 81.4 Å². The van der Waals surface area contributed by atoms with E-state index in [4.69, 9.17) is 10.5 Å². The molecule has 5 nitrogen and oxygen atoms in total. The van der Waals surface area contributed by atoms with Crippen LogP contribution >= 0.6 is 0 Å². The molecule has 1 aliphatic rings. The number of hydrogen-bond acceptors (Lipinski definition) is 3. The number of hydrogen-bond donors (Lipinski definition) is 2. The lowest BCUT2D eigenvalue weighted by atomic mass is 9.93. The molecule has 2 amide bonds. The molecule has 1 saturated carbocycles. The molecule has 108 valence electrons. The van der Waals surface area contributed by atoms with Gasteiger partial charge in [0.1, 0.15) is 11.8 Å². The number of rotatable bonds is 5. The van der Waals surface area contributed by atoms with Gasteiger partial charge in [0.15, 0.2) is 0 Å². The summed E-state index contributed by atoms with van der Waals surface area (Å²) in [5.41, 5.74) is 6.59. The van der Waals surface area contributed by atoms with Gasteiger partial charge in [-0.15, -0.1) is 0 Å². The Bertz CT molecular complexity index is 550. The number of aryl methyl sites for hydroxylation is 1. The first-order chi connectivity index (χ1) is 9.40. The van der Waals surface area contributed by atoms with Crippen molar-refractivity contribution in [2.75, 3.05) is 7.11 Å². The molecule has 20 heavy (non-hydrogen) atoms. The van der Waals surface area contributed by atoms with E-state index in [1.165, 1.54) is 0 Å². The van der Waals surface area contributed by atoms with Crippen molar-refractivity contribution in [1.82, 2.24) is 5.32 Å². The summed E-state index contributed by atoms with van der Waals surface area (Å²) in [6.07, 6.45) is 1.55. The number of methoxy groups -OCH3 is 1. The van der Waals surface area contributed by atoms with Crippen LogP contribution < -0.4 is 15.8 Å². The van der Waals surface area contributed by atoms with Crippen LogP contribution in [0.25, 0.3) is 0 Å². The SMILES string of the molecule is COc1cc(C2(C(=O)NC(C)C(N)=O)CC2)ccc1C. The van der Waals surface area contributed by atoms with Gasteiger partial charge in [0.05, 0.1) is 12.5 Å². The predicted octanol–water partition coefficient (Wildman–Crippen LogP) is 1.03. The van der Waals surface area contributed by atoms with E-state index in [2.05, 4.69) is 5.32 Å². The zero-order valence-electron chi connectivity index (χ0n) is 12.0. The zero-order valence-corrected chi connectivity index (χ0v) is 12.0. The highest BCUT2D eigenvalue weighted by molar-refractivity contribution is 5.94. The maximum absolute atomic E-state index is 12.4. The van der Waals surface area contributed by atoms with Crippen LogP contribution in [0.3, 0.4) is 0 Å². The summed E-state index contributed by atoms with van der Waals surface area (Å²) < 4.78 is 5.30. The van der Waals surface area contributed by atoms with Crippen LogP contribution in [0.1, 0.15) is 30.9 Å². The van der Waals surface area contributed by atoms with Crippen molar-refractivity contribution in [2.24, 2.45) is 5.73 Å². The minimum Gasteiger partial charge on any atom is -0.496 e. The van der Waals surface area contributed by atoms with E-state index in [0.29, 0.717) is 0 Å². The standard InChI is InChI=1S/C15H20N2O3/c1-9-4-5-11(8-12(9)20-3)15(6-7-15)14(19)17-10(2)13(16)18/h4-5,8,10H,6-7H2,1-3H3,(H2,16,18)(H,17,19). The molecule has 1 aromatic rings. The molecular weight excluding hydrogens is 256 g/mol. The molecule has 0 saturated heterocycles. The molecule has 1 aromatic carbocycles. The van der Waals surface area contributed by atoms with E-state index in [9.17, 15) is 9.59 Å². The average Bonchev–Trinajstić information content (AvgIpc) is 3.20. The first-order valence-corrected chi connectivity index (χ1v) is 6.66. The summed E-state index contributed by atoms with van der Waals surface area (Å²) in [5, 5.41) is 2.68. The third kappa shape index (κ3) is 2.48. The number of ether oxygens (including phenoxy) is 1. The van der Waals surface area contributed by atoms with E-state index in [1.807, 2.05) is 25.1 Å². The van der Waals surface area contributed by atoms with Crippen molar-refractivity contribution < 1.29 is 14.3 Å². The fourth-order valence-electron chi connectivity index (χ4n) is 2.30. The van der Waals surface area contributed by atoms with Gasteiger partial charge in [-0.2, -0.15) is 0 Å². The molecule has 2 rings (SSSR count). The van der Waals surface area contributed by atoms with Crippen molar-refractivity contribution in [1.29, 1.82) is 0 Å². The third-order valence-electron chi connectivity index (χ3n) is 3.92. The Balaban J connectivity index is 2.23. The van der Waals surface area contributed by atoms with E-state index in [1.54, 1.807) is 14.0 Å². The summed E-state index contributed by atoms with van der Waals surface area (Å²) in [6, 6.07) is 5.13. The summed E-state index contributed by atoms with van der Waals surface area (Å²) in [7, 11) is 1.61. The van der Waals surface area contributed by atoms with Gasteiger partial charge in [-0.25, -0.2) is 0 Å². The maximum Gasteiger partial charge on any atom is 0.239 e. The summed E-state index contributed by atoms with van der Waals surface area (Å²) in [5.74, 6) is 0.0925. The van der Waals surface area contributed by atoms with E-state index in [0.717, 1.165) is 29.7 Å². The molecule has 1 atom stereocenters. The number of nitrogens with two attached hydrogens (primary N) is 1. The molecule has 3 N–H and O–H groups in total. The lowest BCUT2D eigenvalue weighted by Crippen LogP contribution is -2.46. The van der Waals surface area contributed by atoms with E-state index in [-0.39, 0.29) is 5.91 Å². The highest BCUT2D eigenvalue weighted by Crippen LogP contribution is 2.49. The molecule has 0 aromatic heterocycles. The first-order valence-electron chi connectivity index (χ1n) is 6.66. The van der Waals surface area contributed by atoms with Gasteiger partial charge in [0.2, 0.25) is 11.8 Å². The van der Waals surface area contributed by atoms with Gasteiger partial charge in [0.25, 0.3) is 0 Å². The smallest absolute Gasteiger partial charge is 0.239 e. The first kappa shape index (κ1) is 14.4. The van der Waals surface area contributed by atoms with Crippen LogP contribution in [-0.4, -0.2) is 25.0 Å². The van der Waals surface area contributed by atoms with Crippen LogP contribution in [0.4, 0.5) is 0 Å². The fraction of sp³-hybridized carbons (Fsp3) is 0.467. The van der Waals surface area contributed by atoms with Crippen molar-refractivity contribution in [3.63, 3.8) is 0 Å². The average molecular weight is 276 g/mol. The molecule has 0 heterocycles. The van der Waals surface area contributed by atoms with Gasteiger partial charge in [0, 0.05) is 0 Å². The maximum atomic E-state index is 12.4. The third-order valence-corrected chi connectivity index (χ3v) is 3.92. The zero-order chi connectivity index (χ0) is 14.9. The predicted molar refractivity (Wildman–Crippen MR) is 75.4 cm³/mol. The van der Waals surface area contributed by atoms with Crippen LogP contribution in [0.15, 0.2) is 18.2 Å². The van der Waals surface area contributed by atoms with Crippen LogP contribution in [0, 0.1) is 6.92 Å². The second-order valence-electron chi connectivity index (χ2n) is 5.36. The molecule has 1 fully saturated rings. The molecule has 0 radical (unpaired) electrons. The quantitative estimate of drug-likeness (QED) is 0.842. The van der Waals surface area contributed by atoms with Crippen molar-refractivity contribution >= 4 is 11.8 Å². The number of carbonyl (C=O) groups excluding carboxylic acids is 2. The normalized spacial score (nSPS) is 17.1. The Morgan fingerprint density at radius 3 is 2.55 bits per heavy atom. The van der Waals surface area contributed by atoms with Crippen molar-refractivity contribution in [3.8, 4) is 5.75 Å². The second-order valence-corrected chi connectivity index (χ2v) is 5.36. The molecule has 1 aliphatic carbocycles. The Kier molecular flexibility index (Phi) is 3.70. The van der Waals surface area contributed by atoms with Crippen LogP contribution in [-0.2, 0) is 15.0 Å². The lowest BCUT2D eigenvalue weighted by Gasteiger charge is -2.19. The molecule has 0 bridgehead atoms. The molecule has 0 aliphatic heterocycles. The number of nitrogens with one attached hydrogen (secondary N) is 1. The van der Waals surface area contributed by atoms with Gasteiger partial charge in [-0.05, 0) is 43.9 Å². The number of amides is 2. The van der Waals surface area contributed by atoms with Crippen molar-refractivity contribution in [2.45, 2.75) is 38.1 Å². The van der Waals surface area contributed by atoms with Gasteiger partial charge >= 0.3 is 0 Å².